The van der Waals surface area contributed by atoms with E-state index < -0.39 is 0 Å². The molecule has 0 radical (unpaired) electrons. The molecule has 0 bridgehead atoms. The third kappa shape index (κ3) is 2.07. The Hall–Kier alpha value is -1.03. The molecule has 2 N–H and O–H groups in total. The number of anilines is 1. The van der Waals surface area contributed by atoms with E-state index in [0.29, 0.717) is 6.04 Å². The Kier molecular flexibility index (Phi) is 2.82. The minimum absolute atomic E-state index is 0.587. The molecule has 1 atom stereocenters. The van der Waals surface area contributed by atoms with Gasteiger partial charge in [0.05, 0.1) is 5.69 Å². The van der Waals surface area contributed by atoms with Crippen molar-refractivity contribution in [1.82, 2.24) is 10.3 Å². The molecule has 1 aliphatic carbocycles. The van der Waals surface area contributed by atoms with Crippen LogP contribution in [0.4, 0.5) is 6.01 Å². The fraction of sp³-hybridized carbons (Fsp3) is 0.750. The van der Waals surface area contributed by atoms with E-state index in [2.05, 4.69) is 15.6 Å². The third-order valence-corrected chi connectivity index (χ3v) is 3.51. The molecule has 16 heavy (non-hydrogen) atoms. The van der Waals surface area contributed by atoms with Crippen molar-refractivity contribution in [3.8, 4) is 0 Å². The largest absolute Gasteiger partial charge is 0.428 e. The summed E-state index contributed by atoms with van der Waals surface area (Å²) in [5.41, 5.74) is 1.17. The first kappa shape index (κ1) is 10.1. The summed E-state index contributed by atoms with van der Waals surface area (Å²) in [5.74, 6) is 1.10. The number of hydrogen-bond donors (Lipinski definition) is 2. The second-order valence-electron chi connectivity index (χ2n) is 4.77. The highest BCUT2D eigenvalue weighted by molar-refractivity contribution is 5.27. The predicted molar refractivity (Wildman–Crippen MR) is 62.7 cm³/mol. The molecule has 1 fully saturated rings. The zero-order chi connectivity index (χ0) is 10.8. The highest BCUT2D eigenvalue weighted by atomic mass is 16.4. The molecule has 4 heteroatoms. The molecular formula is C12H19N3O. The van der Waals surface area contributed by atoms with Crippen molar-refractivity contribution in [2.75, 3.05) is 18.4 Å². The van der Waals surface area contributed by atoms with E-state index in [1.54, 1.807) is 0 Å². The van der Waals surface area contributed by atoms with E-state index >= 15 is 0 Å². The summed E-state index contributed by atoms with van der Waals surface area (Å²) >= 11 is 0. The van der Waals surface area contributed by atoms with Gasteiger partial charge >= 0.3 is 0 Å². The maximum atomic E-state index is 5.72. The van der Waals surface area contributed by atoms with Crippen molar-refractivity contribution in [3.05, 3.63) is 11.5 Å². The molecule has 88 valence electrons. The van der Waals surface area contributed by atoms with Crippen LogP contribution in [-0.4, -0.2) is 24.1 Å². The van der Waals surface area contributed by atoms with Crippen molar-refractivity contribution in [2.24, 2.45) is 0 Å². The monoisotopic (exact) mass is 221 g/mol. The van der Waals surface area contributed by atoms with Gasteiger partial charge in [0.2, 0.25) is 0 Å². The lowest BCUT2D eigenvalue weighted by atomic mass is 10.0. The fourth-order valence-corrected chi connectivity index (χ4v) is 2.57. The Labute approximate surface area is 95.8 Å². The molecule has 1 aliphatic heterocycles. The van der Waals surface area contributed by atoms with Crippen LogP contribution in [0.2, 0.25) is 0 Å². The summed E-state index contributed by atoms with van der Waals surface area (Å²) in [7, 11) is 0. The van der Waals surface area contributed by atoms with Crippen molar-refractivity contribution < 1.29 is 4.42 Å². The number of nitrogens with one attached hydrogen (secondary N) is 2. The maximum Gasteiger partial charge on any atom is 0.295 e. The van der Waals surface area contributed by atoms with E-state index in [4.69, 9.17) is 4.42 Å². The van der Waals surface area contributed by atoms with Crippen LogP contribution < -0.4 is 10.6 Å². The lowest BCUT2D eigenvalue weighted by Gasteiger charge is -2.09. The second kappa shape index (κ2) is 4.45. The number of aryl methyl sites for hydroxylation is 2. The first-order chi connectivity index (χ1) is 7.92. The lowest BCUT2D eigenvalue weighted by Crippen LogP contribution is -2.29. The van der Waals surface area contributed by atoms with Gasteiger partial charge in [-0.2, -0.15) is 4.98 Å². The summed E-state index contributed by atoms with van der Waals surface area (Å²) in [5, 5.41) is 6.76. The number of hydrogen-bond acceptors (Lipinski definition) is 4. The van der Waals surface area contributed by atoms with Crippen LogP contribution in [0.15, 0.2) is 4.42 Å². The van der Waals surface area contributed by atoms with Gasteiger partial charge in [-0.05, 0) is 38.6 Å². The summed E-state index contributed by atoms with van der Waals surface area (Å²) in [4.78, 5) is 4.51. The van der Waals surface area contributed by atoms with Gasteiger partial charge in [0.15, 0.2) is 0 Å². The van der Waals surface area contributed by atoms with E-state index in [0.717, 1.165) is 37.7 Å². The molecule has 0 saturated carbocycles. The Balaban J connectivity index is 1.59. The van der Waals surface area contributed by atoms with E-state index in [1.807, 2.05) is 0 Å². The second-order valence-corrected chi connectivity index (χ2v) is 4.77. The third-order valence-electron chi connectivity index (χ3n) is 3.51. The average molecular weight is 221 g/mol. The Morgan fingerprint density at radius 3 is 3.06 bits per heavy atom. The predicted octanol–water partition coefficient (Wildman–Crippen LogP) is 1.72. The van der Waals surface area contributed by atoms with Gasteiger partial charge in [0.1, 0.15) is 5.76 Å². The molecule has 3 rings (SSSR count). The zero-order valence-corrected chi connectivity index (χ0v) is 9.59. The molecule has 0 aromatic carbocycles. The quantitative estimate of drug-likeness (QED) is 0.816. The van der Waals surface area contributed by atoms with Crippen molar-refractivity contribution in [2.45, 2.75) is 44.6 Å². The van der Waals surface area contributed by atoms with Crippen LogP contribution in [0.3, 0.4) is 0 Å². The SMILES string of the molecule is C1CCc2oc(NCC3CCCN3)nc2C1. The molecule has 0 spiro atoms. The maximum absolute atomic E-state index is 5.72. The molecular weight excluding hydrogens is 202 g/mol. The highest BCUT2D eigenvalue weighted by Gasteiger charge is 2.18. The molecule has 1 unspecified atom stereocenters. The van der Waals surface area contributed by atoms with Gasteiger partial charge in [-0.3, -0.25) is 0 Å². The van der Waals surface area contributed by atoms with Crippen LogP contribution in [0.25, 0.3) is 0 Å². The normalized spacial score (nSPS) is 24.4. The van der Waals surface area contributed by atoms with E-state index in [1.165, 1.54) is 31.4 Å². The van der Waals surface area contributed by atoms with Crippen LogP contribution in [0.1, 0.15) is 37.1 Å². The summed E-state index contributed by atoms with van der Waals surface area (Å²) in [6.07, 6.45) is 7.19. The lowest BCUT2D eigenvalue weighted by molar-refractivity contribution is 0.483. The smallest absolute Gasteiger partial charge is 0.295 e. The number of nitrogens with zero attached hydrogens (tertiary/aromatic N) is 1. The first-order valence-corrected chi connectivity index (χ1v) is 6.37. The van der Waals surface area contributed by atoms with Crippen molar-refractivity contribution in [1.29, 1.82) is 0 Å². The van der Waals surface area contributed by atoms with Gasteiger partial charge in [-0.15, -0.1) is 0 Å². The molecule has 1 aromatic heterocycles. The number of rotatable bonds is 3. The summed E-state index contributed by atoms with van der Waals surface area (Å²) < 4.78 is 5.72. The van der Waals surface area contributed by atoms with Crippen LogP contribution in [-0.2, 0) is 12.8 Å². The van der Waals surface area contributed by atoms with Gasteiger partial charge < -0.3 is 15.1 Å². The topological polar surface area (TPSA) is 50.1 Å². The van der Waals surface area contributed by atoms with Gasteiger partial charge in [-0.25, -0.2) is 0 Å². The van der Waals surface area contributed by atoms with Gasteiger partial charge in [0, 0.05) is 19.0 Å². The molecule has 0 amide bonds. The number of fused-ring (bicyclic) bond motifs is 1. The number of oxazole rings is 1. The van der Waals surface area contributed by atoms with Crippen LogP contribution >= 0.6 is 0 Å². The number of aromatic nitrogens is 1. The van der Waals surface area contributed by atoms with E-state index in [-0.39, 0.29) is 0 Å². The van der Waals surface area contributed by atoms with Crippen LogP contribution in [0.5, 0.6) is 0 Å². The fourth-order valence-electron chi connectivity index (χ4n) is 2.57. The molecule has 2 aliphatic rings. The van der Waals surface area contributed by atoms with Crippen molar-refractivity contribution in [3.63, 3.8) is 0 Å². The Morgan fingerprint density at radius 1 is 1.31 bits per heavy atom. The minimum atomic E-state index is 0.587. The standard InChI is InChI=1S/C12H19N3O/c1-2-6-11-10(5-1)15-12(16-11)14-8-9-4-3-7-13-9/h9,13H,1-8H2,(H,14,15). The average Bonchev–Trinajstić information content (AvgIpc) is 2.95. The first-order valence-electron chi connectivity index (χ1n) is 6.37. The van der Waals surface area contributed by atoms with Gasteiger partial charge in [0.25, 0.3) is 6.01 Å². The highest BCUT2D eigenvalue weighted by Crippen LogP contribution is 2.23. The minimum Gasteiger partial charge on any atom is -0.428 e. The van der Waals surface area contributed by atoms with Crippen LogP contribution in [0, 0.1) is 0 Å². The van der Waals surface area contributed by atoms with Gasteiger partial charge in [-0.1, -0.05) is 0 Å². The zero-order valence-electron chi connectivity index (χ0n) is 9.59. The Bertz CT molecular complexity index is 332. The molecule has 1 saturated heterocycles. The summed E-state index contributed by atoms with van der Waals surface area (Å²) in [6.45, 7) is 2.08. The van der Waals surface area contributed by atoms with E-state index in [9.17, 15) is 0 Å². The summed E-state index contributed by atoms with van der Waals surface area (Å²) in [6, 6.07) is 1.31. The molecule has 2 heterocycles. The Morgan fingerprint density at radius 2 is 2.25 bits per heavy atom. The molecule has 4 nitrogen and oxygen atoms in total. The molecule has 1 aromatic rings. The van der Waals surface area contributed by atoms with Crippen molar-refractivity contribution >= 4 is 6.01 Å².